The van der Waals surface area contributed by atoms with Gasteiger partial charge in [-0.05, 0) is 36.5 Å². The summed E-state index contributed by atoms with van der Waals surface area (Å²) in [5.74, 6) is 2.44. The molecule has 1 aromatic carbocycles. The minimum Gasteiger partial charge on any atom is -0.439 e. The van der Waals surface area contributed by atoms with Gasteiger partial charge in [0.25, 0.3) is 0 Å². The summed E-state index contributed by atoms with van der Waals surface area (Å²) < 4.78 is 5.98. The molecule has 1 N–H and O–H groups in total. The third-order valence-electron chi connectivity index (χ3n) is 3.17. The van der Waals surface area contributed by atoms with Gasteiger partial charge in [0, 0.05) is 18.8 Å². The Bertz CT molecular complexity index is 596. The molecule has 112 valence electrons. The number of nitrogens with one attached hydrogen (secondary N) is 1. The highest BCUT2D eigenvalue weighted by molar-refractivity contribution is 5.41. The van der Waals surface area contributed by atoms with Gasteiger partial charge in [-0.3, -0.25) is 0 Å². The van der Waals surface area contributed by atoms with Crippen LogP contribution >= 0.6 is 0 Å². The van der Waals surface area contributed by atoms with Crippen molar-refractivity contribution in [1.29, 1.82) is 0 Å². The highest BCUT2D eigenvalue weighted by atomic mass is 16.5. The summed E-state index contributed by atoms with van der Waals surface area (Å²) >= 11 is 0. The predicted molar refractivity (Wildman–Crippen MR) is 86.2 cm³/mol. The maximum absolute atomic E-state index is 5.98. The molecular weight excluding hydrogens is 262 g/mol. The lowest BCUT2D eigenvalue weighted by Gasteiger charge is -2.14. The molecule has 0 amide bonds. The Kier molecular flexibility index (Phi) is 5.14. The molecule has 2 rings (SSSR count). The molecular formula is C17H23N3O. The van der Waals surface area contributed by atoms with Gasteiger partial charge >= 0.3 is 0 Å². The van der Waals surface area contributed by atoms with E-state index < -0.39 is 0 Å². The first kappa shape index (κ1) is 15.3. The number of ether oxygens (including phenoxy) is 1. The third-order valence-corrected chi connectivity index (χ3v) is 3.17. The number of aromatic nitrogens is 2. The Morgan fingerprint density at radius 3 is 2.76 bits per heavy atom. The van der Waals surface area contributed by atoms with E-state index in [0.29, 0.717) is 17.7 Å². The molecule has 1 heterocycles. The summed E-state index contributed by atoms with van der Waals surface area (Å²) in [6.07, 6.45) is 2.75. The van der Waals surface area contributed by atoms with Gasteiger partial charge in [-0.25, -0.2) is 4.98 Å². The fourth-order valence-corrected chi connectivity index (χ4v) is 2.04. The van der Waals surface area contributed by atoms with E-state index in [1.165, 1.54) is 11.1 Å². The minimum absolute atomic E-state index is 0.403. The zero-order chi connectivity index (χ0) is 15.2. The van der Waals surface area contributed by atoms with Crippen molar-refractivity contribution in [2.45, 2.75) is 40.0 Å². The van der Waals surface area contributed by atoms with Gasteiger partial charge in [0.05, 0.1) is 0 Å². The zero-order valence-electron chi connectivity index (χ0n) is 13.2. The van der Waals surface area contributed by atoms with Crippen molar-refractivity contribution in [2.24, 2.45) is 0 Å². The Labute approximate surface area is 126 Å². The first-order valence-electron chi connectivity index (χ1n) is 7.45. The summed E-state index contributed by atoms with van der Waals surface area (Å²) in [5, 5.41) is 3.17. The molecule has 1 aromatic heterocycles. The van der Waals surface area contributed by atoms with Gasteiger partial charge in [-0.2, -0.15) is 4.98 Å². The van der Waals surface area contributed by atoms with E-state index in [1.807, 2.05) is 0 Å². The van der Waals surface area contributed by atoms with Crippen LogP contribution < -0.4 is 10.1 Å². The molecule has 0 saturated carbocycles. The molecule has 0 spiro atoms. The monoisotopic (exact) mass is 285 g/mol. The number of anilines is 1. The first-order valence-corrected chi connectivity index (χ1v) is 7.45. The number of hydrogen-bond donors (Lipinski definition) is 1. The normalized spacial score (nSPS) is 10.7. The standard InChI is InChI=1S/C17H23N3O/c1-5-9-18-17-19-10-8-16(20-17)21-15-11-13(4)6-7-14(15)12(2)3/h6-8,10-12H,5,9H2,1-4H3,(H,18,19,20). The van der Waals surface area contributed by atoms with Crippen LogP contribution in [0.3, 0.4) is 0 Å². The summed E-state index contributed by atoms with van der Waals surface area (Å²) in [6.45, 7) is 9.34. The van der Waals surface area contributed by atoms with Gasteiger partial charge in [-0.1, -0.05) is 32.9 Å². The van der Waals surface area contributed by atoms with Gasteiger partial charge in [0.2, 0.25) is 11.8 Å². The van der Waals surface area contributed by atoms with Crippen molar-refractivity contribution >= 4 is 5.95 Å². The second-order valence-electron chi connectivity index (χ2n) is 5.44. The smallest absolute Gasteiger partial charge is 0.225 e. The van der Waals surface area contributed by atoms with Crippen LogP contribution in [-0.2, 0) is 0 Å². The van der Waals surface area contributed by atoms with Crippen LogP contribution in [-0.4, -0.2) is 16.5 Å². The average molecular weight is 285 g/mol. The molecule has 0 saturated heterocycles. The third kappa shape index (κ3) is 4.18. The lowest BCUT2D eigenvalue weighted by molar-refractivity contribution is 0.453. The Hall–Kier alpha value is -2.10. The summed E-state index contributed by atoms with van der Waals surface area (Å²) in [5.41, 5.74) is 2.36. The van der Waals surface area contributed by atoms with E-state index >= 15 is 0 Å². The Morgan fingerprint density at radius 2 is 2.05 bits per heavy atom. The average Bonchev–Trinajstić information content (AvgIpc) is 2.45. The molecule has 4 heteroatoms. The van der Waals surface area contributed by atoms with E-state index in [-0.39, 0.29) is 0 Å². The molecule has 0 aliphatic heterocycles. The summed E-state index contributed by atoms with van der Waals surface area (Å²) in [7, 11) is 0. The van der Waals surface area contributed by atoms with Crippen molar-refractivity contribution in [3.05, 3.63) is 41.6 Å². The Balaban J connectivity index is 2.23. The molecule has 2 aromatic rings. The lowest BCUT2D eigenvalue weighted by Crippen LogP contribution is -2.04. The van der Waals surface area contributed by atoms with E-state index in [9.17, 15) is 0 Å². The highest BCUT2D eigenvalue weighted by Crippen LogP contribution is 2.30. The topological polar surface area (TPSA) is 47.0 Å². The quantitative estimate of drug-likeness (QED) is 0.847. The second-order valence-corrected chi connectivity index (χ2v) is 5.44. The largest absolute Gasteiger partial charge is 0.439 e. The number of rotatable bonds is 6. The molecule has 0 radical (unpaired) electrons. The summed E-state index contributed by atoms with van der Waals surface area (Å²) in [6, 6.07) is 8.06. The number of hydrogen-bond acceptors (Lipinski definition) is 4. The molecule has 0 aliphatic rings. The van der Waals surface area contributed by atoms with E-state index in [1.54, 1.807) is 12.3 Å². The maximum atomic E-state index is 5.98. The van der Waals surface area contributed by atoms with E-state index in [0.717, 1.165) is 18.7 Å². The van der Waals surface area contributed by atoms with Crippen molar-refractivity contribution in [3.8, 4) is 11.6 Å². The maximum Gasteiger partial charge on any atom is 0.225 e. The fraction of sp³-hybridized carbons (Fsp3) is 0.412. The van der Waals surface area contributed by atoms with Gasteiger partial charge in [0.15, 0.2) is 0 Å². The predicted octanol–water partition coefficient (Wildman–Crippen LogP) is 4.52. The van der Waals surface area contributed by atoms with Crippen molar-refractivity contribution < 1.29 is 4.74 Å². The molecule has 0 aliphatic carbocycles. The van der Waals surface area contributed by atoms with E-state index in [4.69, 9.17) is 4.74 Å². The van der Waals surface area contributed by atoms with Crippen molar-refractivity contribution in [1.82, 2.24) is 9.97 Å². The van der Waals surface area contributed by atoms with Crippen LogP contribution in [0.15, 0.2) is 30.5 Å². The fourth-order valence-electron chi connectivity index (χ4n) is 2.04. The summed E-state index contributed by atoms with van der Waals surface area (Å²) in [4.78, 5) is 8.58. The molecule has 4 nitrogen and oxygen atoms in total. The first-order chi connectivity index (χ1) is 10.1. The van der Waals surface area contributed by atoms with Gasteiger partial charge in [0.1, 0.15) is 5.75 Å². The number of aryl methyl sites for hydroxylation is 1. The molecule has 21 heavy (non-hydrogen) atoms. The lowest BCUT2D eigenvalue weighted by atomic mass is 10.0. The zero-order valence-corrected chi connectivity index (χ0v) is 13.2. The Morgan fingerprint density at radius 1 is 1.24 bits per heavy atom. The molecule has 0 unspecified atom stereocenters. The molecule has 0 atom stereocenters. The second kappa shape index (κ2) is 7.07. The number of benzene rings is 1. The highest BCUT2D eigenvalue weighted by Gasteiger charge is 2.10. The van der Waals surface area contributed by atoms with E-state index in [2.05, 4.69) is 61.2 Å². The SMILES string of the molecule is CCCNc1nccc(Oc2cc(C)ccc2C(C)C)n1. The minimum atomic E-state index is 0.403. The number of nitrogens with zero attached hydrogens (tertiary/aromatic N) is 2. The van der Waals surface area contributed by atoms with Crippen LogP contribution in [0, 0.1) is 6.92 Å². The van der Waals surface area contributed by atoms with Crippen LogP contribution in [0.5, 0.6) is 11.6 Å². The molecule has 0 fully saturated rings. The van der Waals surface area contributed by atoms with Crippen LogP contribution in [0.2, 0.25) is 0 Å². The van der Waals surface area contributed by atoms with Crippen molar-refractivity contribution in [2.75, 3.05) is 11.9 Å². The molecule has 0 bridgehead atoms. The van der Waals surface area contributed by atoms with Crippen molar-refractivity contribution in [3.63, 3.8) is 0 Å². The van der Waals surface area contributed by atoms with Gasteiger partial charge in [-0.15, -0.1) is 0 Å². The van der Waals surface area contributed by atoms with Crippen LogP contribution in [0.4, 0.5) is 5.95 Å². The van der Waals surface area contributed by atoms with Gasteiger partial charge < -0.3 is 10.1 Å². The van der Waals surface area contributed by atoms with Crippen LogP contribution in [0.1, 0.15) is 44.2 Å². The van der Waals surface area contributed by atoms with Crippen LogP contribution in [0.25, 0.3) is 0 Å².